The van der Waals surface area contributed by atoms with Crippen LogP contribution in [0.1, 0.15) is 55.2 Å². The fourth-order valence-electron chi connectivity index (χ4n) is 4.35. The molecule has 1 fully saturated rings. The summed E-state index contributed by atoms with van der Waals surface area (Å²) in [4.78, 5) is 4.55. The Labute approximate surface area is 169 Å². The highest BCUT2D eigenvalue weighted by atomic mass is 16.5. The first-order chi connectivity index (χ1) is 14.2. The highest BCUT2D eigenvalue weighted by Crippen LogP contribution is 2.34. The van der Waals surface area contributed by atoms with Crippen molar-refractivity contribution in [3.63, 3.8) is 0 Å². The molecule has 3 unspecified atom stereocenters. The first-order valence-electron chi connectivity index (χ1n) is 10.2. The van der Waals surface area contributed by atoms with Crippen LogP contribution in [0.5, 0.6) is 5.75 Å². The number of benzene rings is 1. The van der Waals surface area contributed by atoms with Crippen LogP contribution >= 0.6 is 0 Å². The summed E-state index contributed by atoms with van der Waals surface area (Å²) in [5, 5.41) is 18.8. The standard InChI is InChI=1S/C22H23N5O2/c1-14(22-12-27(26-25-22)17-3-2-15(8-17)10-23)29-18-4-5-21-20(9-18)19-6-7-28-13-16(19)11-24-21/h4-5,9,11-12,14-15,17H,2-3,6-8,13H2,1H3. The molecule has 1 aliphatic heterocycles. The van der Waals surface area contributed by atoms with Crippen LogP contribution in [-0.2, 0) is 17.8 Å². The number of nitriles is 1. The van der Waals surface area contributed by atoms with E-state index in [1.54, 1.807) is 0 Å². The van der Waals surface area contributed by atoms with Crippen LogP contribution < -0.4 is 4.74 Å². The summed E-state index contributed by atoms with van der Waals surface area (Å²) < 4.78 is 13.6. The first kappa shape index (κ1) is 18.1. The minimum absolute atomic E-state index is 0.129. The van der Waals surface area contributed by atoms with Crippen molar-refractivity contribution in [2.45, 2.75) is 51.4 Å². The zero-order valence-electron chi connectivity index (χ0n) is 16.4. The van der Waals surface area contributed by atoms with Crippen molar-refractivity contribution in [2.24, 2.45) is 5.92 Å². The topological polar surface area (TPSA) is 85.9 Å². The minimum Gasteiger partial charge on any atom is -0.484 e. The molecule has 0 amide bonds. The lowest BCUT2D eigenvalue weighted by molar-refractivity contribution is 0.111. The third kappa shape index (κ3) is 3.45. The molecule has 0 radical (unpaired) electrons. The lowest BCUT2D eigenvalue weighted by Crippen LogP contribution is -2.11. The SMILES string of the molecule is CC(Oc1ccc2ncc3c(c2c1)CCOC3)c1cn(C2CCC(C#N)C2)nn1. The van der Waals surface area contributed by atoms with Gasteiger partial charge in [-0.05, 0) is 61.9 Å². The van der Waals surface area contributed by atoms with Crippen LogP contribution in [0, 0.1) is 17.2 Å². The Hall–Kier alpha value is -2.98. The van der Waals surface area contributed by atoms with E-state index in [0.29, 0.717) is 6.61 Å². The lowest BCUT2D eigenvalue weighted by Gasteiger charge is -2.19. The minimum atomic E-state index is -0.217. The summed E-state index contributed by atoms with van der Waals surface area (Å²) in [6.07, 6.45) is 7.30. The third-order valence-electron chi connectivity index (χ3n) is 6.01. The largest absolute Gasteiger partial charge is 0.484 e. The van der Waals surface area contributed by atoms with E-state index in [9.17, 15) is 0 Å². The summed E-state index contributed by atoms with van der Waals surface area (Å²) in [7, 11) is 0. The number of hydrogen-bond acceptors (Lipinski definition) is 6. The number of hydrogen-bond donors (Lipinski definition) is 0. The highest BCUT2D eigenvalue weighted by Gasteiger charge is 2.27. The number of ether oxygens (including phenoxy) is 2. The van der Waals surface area contributed by atoms with Gasteiger partial charge in [0, 0.05) is 17.5 Å². The second kappa shape index (κ2) is 7.45. The summed E-state index contributed by atoms with van der Waals surface area (Å²) in [5.74, 6) is 0.926. The Morgan fingerprint density at radius 2 is 2.28 bits per heavy atom. The van der Waals surface area contributed by atoms with E-state index >= 15 is 0 Å². The van der Waals surface area contributed by atoms with E-state index in [1.807, 2.05) is 36.1 Å². The number of aromatic nitrogens is 4. The molecular formula is C22H23N5O2. The van der Waals surface area contributed by atoms with Gasteiger partial charge in [-0.25, -0.2) is 4.68 Å². The molecule has 148 valence electrons. The highest BCUT2D eigenvalue weighted by molar-refractivity contribution is 5.84. The van der Waals surface area contributed by atoms with Gasteiger partial charge < -0.3 is 9.47 Å². The maximum absolute atomic E-state index is 9.11. The van der Waals surface area contributed by atoms with Gasteiger partial charge >= 0.3 is 0 Å². The van der Waals surface area contributed by atoms with Crippen molar-refractivity contribution < 1.29 is 9.47 Å². The molecular weight excluding hydrogens is 366 g/mol. The first-order valence-corrected chi connectivity index (χ1v) is 10.2. The van der Waals surface area contributed by atoms with E-state index in [4.69, 9.17) is 14.7 Å². The molecule has 1 aliphatic carbocycles. The smallest absolute Gasteiger partial charge is 0.141 e. The molecule has 0 bridgehead atoms. The molecule has 3 atom stereocenters. The summed E-state index contributed by atoms with van der Waals surface area (Å²) >= 11 is 0. The normalized spacial score (nSPS) is 22.2. The van der Waals surface area contributed by atoms with Crippen molar-refractivity contribution in [1.82, 2.24) is 20.0 Å². The van der Waals surface area contributed by atoms with Crippen LogP contribution in [0.2, 0.25) is 0 Å². The monoisotopic (exact) mass is 389 g/mol. The molecule has 29 heavy (non-hydrogen) atoms. The molecule has 0 N–H and O–H groups in total. The lowest BCUT2D eigenvalue weighted by atomic mass is 10.00. The summed E-state index contributed by atoms with van der Waals surface area (Å²) in [5.41, 5.74) is 4.24. The molecule has 3 heterocycles. The van der Waals surface area contributed by atoms with Crippen LogP contribution in [-0.4, -0.2) is 26.6 Å². The molecule has 2 aromatic heterocycles. The molecule has 0 saturated heterocycles. The van der Waals surface area contributed by atoms with Crippen LogP contribution in [0.4, 0.5) is 0 Å². The number of fused-ring (bicyclic) bond motifs is 3. The van der Waals surface area contributed by atoms with Gasteiger partial charge in [0.25, 0.3) is 0 Å². The zero-order valence-corrected chi connectivity index (χ0v) is 16.4. The van der Waals surface area contributed by atoms with Crippen LogP contribution in [0.3, 0.4) is 0 Å². The van der Waals surface area contributed by atoms with Gasteiger partial charge in [-0.2, -0.15) is 5.26 Å². The molecule has 1 saturated carbocycles. The van der Waals surface area contributed by atoms with Crippen molar-refractivity contribution in [3.05, 3.63) is 47.4 Å². The van der Waals surface area contributed by atoms with E-state index in [-0.39, 0.29) is 18.1 Å². The van der Waals surface area contributed by atoms with Crippen LogP contribution in [0.25, 0.3) is 10.9 Å². The molecule has 7 heteroatoms. The molecule has 5 rings (SSSR count). The molecule has 0 spiro atoms. The Morgan fingerprint density at radius 3 is 3.14 bits per heavy atom. The predicted molar refractivity (Wildman–Crippen MR) is 106 cm³/mol. The average molecular weight is 389 g/mol. The quantitative estimate of drug-likeness (QED) is 0.673. The maximum Gasteiger partial charge on any atom is 0.141 e. The molecule has 7 nitrogen and oxygen atoms in total. The van der Waals surface area contributed by atoms with Gasteiger partial charge in [-0.1, -0.05) is 5.21 Å². The van der Waals surface area contributed by atoms with Gasteiger partial charge in [0.2, 0.25) is 0 Å². The van der Waals surface area contributed by atoms with Crippen molar-refractivity contribution in [3.8, 4) is 11.8 Å². The van der Waals surface area contributed by atoms with Gasteiger partial charge in [0.1, 0.15) is 17.5 Å². The fourth-order valence-corrected chi connectivity index (χ4v) is 4.35. The molecule has 2 aliphatic rings. The van der Waals surface area contributed by atoms with Crippen molar-refractivity contribution in [1.29, 1.82) is 5.26 Å². The predicted octanol–water partition coefficient (Wildman–Crippen LogP) is 3.90. The number of rotatable bonds is 4. The van der Waals surface area contributed by atoms with Crippen molar-refractivity contribution in [2.75, 3.05) is 6.61 Å². The average Bonchev–Trinajstić information content (AvgIpc) is 3.43. The second-order valence-electron chi connectivity index (χ2n) is 7.92. The van der Waals surface area contributed by atoms with Gasteiger partial charge in [-0.3, -0.25) is 4.98 Å². The zero-order chi connectivity index (χ0) is 19.8. The summed E-state index contributed by atoms with van der Waals surface area (Å²) in [6, 6.07) is 8.65. The van der Waals surface area contributed by atoms with Gasteiger partial charge in [-0.15, -0.1) is 5.10 Å². The fraction of sp³-hybridized carbons (Fsp3) is 0.455. The summed E-state index contributed by atoms with van der Waals surface area (Å²) in [6.45, 7) is 3.35. The third-order valence-corrected chi connectivity index (χ3v) is 6.01. The Balaban J connectivity index is 1.35. The Kier molecular flexibility index (Phi) is 4.64. The Bertz CT molecular complexity index is 1090. The number of nitrogens with zero attached hydrogens (tertiary/aromatic N) is 5. The van der Waals surface area contributed by atoms with E-state index < -0.39 is 0 Å². The van der Waals surface area contributed by atoms with E-state index in [2.05, 4.69) is 27.4 Å². The van der Waals surface area contributed by atoms with Crippen LogP contribution in [0.15, 0.2) is 30.6 Å². The molecule has 1 aromatic carbocycles. The van der Waals surface area contributed by atoms with E-state index in [1.165, 1.54) is 5.56 Å². The number of pyridine rings is 1. The maximum atomic E-state index is 9.11. The van der Waals surface area contributed by atoms with Crippen molar-refractivity contribution >= 4 is 10.9 Å². The second-order valence-corrected chi connectivity index (χ2v) is 7.92. The van der Waals surface area contributed by atoms with E-state index in [0.717, 1.165) is 60.2 Å². The van der Waals surface area contributed by atoms with Gasteiger partial charge in [0.05, 0.1) is 37.0 Å². The van der Waals surface area contributed by atoms with Gasteiger partial charge in [0.15, 0.2) is 0 Å². The Morgan fingerprint density at radius 1 is 1.34 bits per heavy atom. The molecule has 3 aromatic rings.